The molecule has 0 radical (unpaired) electrons. The normalized spacial score (nSPS) is 12.1. The first-order valence-electron chi connectivity index (χ1n) is 8.66. The molecule has 0 amide bonds. The molecule has 0 aromatic heterocycles. The lowest BCUT2D eigenvalue weighted by atomic mass is 10.1. The monoisotopic (exact) mass is 446 g/mol. The number of nitrogens with zero attached hydrogens (tertiary/aromatic N) is 2. The number of carbonyl (C=O) groups excluding carboxylic acids is 1. The van der Waals surface area contributed by atoms with Gasteiger partial charge >= 0.3 is 11.4 Å². The topological polar surface area (TPSA) is 145 Å². The second-order valence-corrected chi connectivity index (χ2v) is 7.33. The van der Waals surface area contributed by atoms with Crippen LogP contribution in [0.25, 0.3) is 12.2 Å². The van der Waals surface area contributed by atoms with Crippen LogP contribution >= 0.6 is 0 Å². The molecule has 162 valence electrons. The fourth-order valence-electron chi connectivity index (χ4n) is 2.49. The van der Waals surface area contributed by atoms with E-state index in [0.717, 1.165) is 0 Å². The minimum absolute atomic E-state index is 0.0958. The molecule has 11 heteroatoms. The van der Waals surface area contributed by atoms with Gasteiger partial charge in [0, 0.05) is 12.1 Å². The Hall–Kier alpha value is -3.70. The van der Waals surface area contributed by atoms with Gasteiger partial charge in [0.1, 0.15) is 5.41 Å². The predicted octanol–water partition coefficient (Wildman–Crippen LogP) is 3.52. The molecule has 0 spiro atoms. The van der Waals surface area contributed by atoms with Gasteiger partial charge in [-0.2, -0.15) is 0 Å². The predicted molar refractivity (Wildman–Crippen MR) is 115 cm³/mol. The van der Waals surface area contributed by atoms with Crippen molar-refractivity contribution in [1.82, 2.24) is 0 Å². The zero-order valence-corrected chi connectivity index (χ0v) is 17.4. The molecule has 0 fully saturated rings. The molecule has 1 unspecified atom stereocenters. The van der Waals surface area contributed by atoms with Crippen LogP contribution in [0.15, 0.2) is 47.9 Å². The smallest absolute Gasteiger partial charge is 0.311 e. The summed E-state index contributed by atoms with van der Waals surface area (Å²) in [4.78, 5) is 32.9. The molecular weight excluding hydrogens is 428 g/mol. The van der Waals surface area contributed by atoms with E-state index in [2.05, 4.69) is 0 Å². The molecule has 0 N–H and O–H groups in total. The number of ether oxygens (including phenoxy) is 2. The van der Waals surface area contributed by atoms with Gasteiger partial charge in [0.15, 0.2) is 17.3 Å². The maximum Gasteiger partial charge on any atom is 0.311 e. The van der Waals surface area contributed by atoms with Gasteiger partial charge in [-0.15, -0.1) is 0 Å². The standard InChI is InChI=1S/C20H18N2O8S/c1-29-19-7-4-14(11-17(19)21(24)25)3-6-16(23)13-31(28)10-9-15-5-8-20(30-2)18(12-15)22(26)27/h3-12H,13H2,1-2H3/b6-3+,10-9-. The van der Waals surface area contributed by atoms with Crippen molar-refractivity contribution < 1.29 is 28.7 Å². The van der Waals surface area contributed by atoms with Gasteiger partial charge in [-0.05, 0) is 46.6 Å². The zero-order chi connectivity index (χ0) is 23.0. The van der Waals surface area contributed by atoms with E-state index in [1.54, 1.807) is 12.1 Å². The van der Waals surface area contributed by atoms with E-state index in [0.29, 0.717) is 11.1 Å². The van der Waals surface area contributed by atoms with Crippen LogP contribution in [0.5, 0.6) is 11.5 Å². The minimum Gasteiger partial charge on any atom is -0.612 e. The van der Waals surface area contributed by atoms with E-state index < -0.39 is 26.8 Å². The third kappa shape index (κ3) is 6.66. The molecule has 2 aromatic rings. The van der Waals surface area contributed by atoms with Crippen LogP contribution in [0.2, 0.25) is 0 Å². The lowest BCUT2D eigenvalue weighted by Crippen LogP contribution is -2.11. The van der Waals surface area contributed by atoms with E-state index in [1.807, 2.05) is 0 Å². The van der Waals surface area contributed by atoms with Gasteiger partial charge in [0.2, 0.25) is 5.78 Å². The number of carbonyl (C=O) groups is 1. The third-order valence-electron chi connectivity index (χ3n) is 3.96. The third-order valence-corrected chi connectivity index (χ3v) is 4.97. The van der Waals surface area contributed by atoms with Gasteiger partial charge in [-0.1, -0.05) is 18.2 Å². The minimum atomic E-state index is -1.66. The van der Waals surface area contributed by atoms with E-state index in [4.69, 9.17) is 9.47 Å². The second kappa shape index (κ2) is 10.9. The molecular formula is C20H18N2O8S. The van der Waals surface area contributed by atoms with Crippen LogP contribution in [0.3, 0.4) is 0 Å². The Kier molecular flexibility index (Phi) is 8.29. The molecule has 0 aliphatic rings. The number of allylic oxidation sites excluding steroid dienone is 1. The first-order valence-corrected chi connectivity index (χ1v) is 10.0. The van der Waals surface area contributed by atoms with Crippen molar-refractivity contribution in [3.63, 3.8) is 0 Å². The van der Waals surface area contributed by atoms with Crippen molar-refractivity contribution in [2.75, 3.05) is 20.0 Å². The number of hydrogen-bond donors (Lipinski definition) is 0. The molecule has 0 bridgehead atoms. The number of nitro groups is 2. The molecule has 0 heterocycles. The molecule has 10 nitrogen and oxygen atoms in total. The second-order valence-electron chi connectivity index (χ2n) is 6.00. The number of nitro benzene ring substituents is 2. The summed E-state index contributed by atoms with van der Waals surface area (Å²) in [6, 6.07) is 8.46. The number of methoxy groups -OCH3 is 2. The zero-order valence-electron chi connectivity index (χ0n) is 16.5. The van der Waals surface area contributed by atoms with E-state index in [9.17, 15) is 29.6 Å². The van der Waals surface area contributed by atoms with Crippen molar-refractivity contribution in [3.05, 3.63) is 79.2 Å². The summed E-state index contributed by atoms with van der Waals surface area (Å²) in [6.45, 7) is 0. The van der Waals surface area contributed by atoms with Crippen molar-refractivity contribution in [2.45, 2.75) is 0 Å². The maximum atomic E-state index is 12.1. The summed E-state index contributed by atoms with van der Waals surface area (Å²) in [5.74, 6) is -0.577. The summed E-state index contributed by atoms with van der Waals surface area (Å²) < 4.78 is 21.9. The molecule has 0 saturated heterocycles. The van der Waals surface area contributed by atoms with Crippen molar-refractivity contribution >= 4 is 40.5 Å². The van der Waals surface area contributed by atoms with Crippen LogP contribution in [-0.2, 0) is 16.0 Å². The van der Waals surface area contributed by atoms with Crippen LogP contribution < -0.4 is 9.47 Å². The molecule has 2 aromatic carbocycles. The molecule has 0 aliphatic carbocycles. The fourth-order valence-corrected chi connectivity index (χ4v) is 3.27. The lowest BCUT2D eigenvalue weighted by molar-refractivity contribution is -0.385. The number of benzene rings is 2. The quantitative estimate of drug-likeness (QED) is 0.233. The SMILES string of the molecule is COc1ccc(/C=C\[S+]([O-])CC(=O)/C=C/c2ccc(OC)c([N+](=O)[O-])c2)cc1[N+](=O)[O-]. The average Bonchev–Trinajstić information content (AvgIpc) is 2.75. The van der Waals surface area contributed by atoms with Gasteiger partial charge in [0.25, 0.3) is 0 Å². The van der Waals surface area contributed by atoms with E-state index in [1.165, 1.54) is 62.1 Å². The van der Waals surface area contributed by atoms with Crippen molar-refractivity contribution in [3.8, 4) is 11.5 Å². The molecule has 0 saturated carbocycles. The van der Waals surface area contributed by atoms with Crippen molar-refractivity contribution in [1.29, 1.82) is 0 Å². The van der Waals surface area contributed by atoms with Gasteiger partial charge in [-0.3, -0.25) is 25.0 Å². The summed E-state index contributed by atoms with van der Waals surface area (Å²) in [5, 5.41) is 23.3. The highest BCUT2D eigenvalue weighted by Crippen LogP contribution is 2.29. The van der Waals surface area contributed by atoms with Gasteiger partial charge in [-0.25, -0.2) is 0 Å². The Labute approximate surface area is 180 Å². The van der Waals surface area contributed by atoms with E-state index in [-0.39, 0.29) is 28.6 Å². The van der Waals surface area contributed by atoms with Crippen molar-refractivity contribution in [2.24, 2.45) is 0 Å². The first-order chi connectivity index (χ1) is 14.7. The lowest BCUT2D eigenvalue weighted by Gasteiger charge is -2.04. The summed E-state index contributed by atoms with van der Waals surface area (Å²) >= 11 is -1.66. The molecule has 1 atom stereocenters. The Morgan fingerprint density at radius 3 is 1.87 bits per heavy atom. The number of hydrogen-bond acceptors (Lipinski definition) is 8. The van der Waals surface area contributed by atoms with Gasteiger partial charge < -0.3 is 14.0 Å². The summed E-state index contributed by atoms with van der Waals surface area (Å²) in [5.41, 5.74) is 0.363. The molecule has 2 rings (SSSR count). The number of ketones is 1. The van der Waals surface area contributed by atoms with Gasteiger partial charge in [0.05, 0.1) is 24.1 Å². The molecule has 31 heavy (non-hydrogen) atoms. The van der Waals surface area contributed by atoms with E-state index >= 15 is 0 Å². The van der Waals surface area contributed by atoms with Crippen LogP contribution in [0, 0.1) is 20.2 Å². The maximum absolute atomic E-state index is 12.1. The average molecular weight is 446 g/mol. The number of rotatable bonds is 10. The highest BCUT2D eigenvalue weighted by atomic mass is 32.2. The van der Waals surface area contributed by atoms with Crippen LogP contribution in [0.1, 0.15) is 11.1 Å². The highest BCUT2D eigenvalue weighted by molar-refractivity contribution is 7.95. The Balaban J connectivity index is 2.03. The van der Waals surface area contributed by atoms with Crippen LogP contribution in [0.4, 0.5) is 11.4 Å². The summed E-state index contributed by atoms with van der Waals surface area (Å²) in [6.07, 6.45) is 3.96. The fraction of sp³-hybridized carbons (Fsp3) is 0.150. The summed E-state index contributed by atoms with van der Waals surface area (Å²) in [7, 11) is 2.63. The Morgan fingerprint density at radius 1 is 0.935 bits per heavy atom. The molecule has 0 aliphatic heterocycles. The largest absolute Gasteiger partial charge is 0.612 e. The van der Waals surface area contributed by atoms with Crippen LogP contribution in [-0.4, -0.2) is 40.2 Å². The first kappa shape index (κ1) is 23.6. The Morgan fingerprint density at radius 2 is 1.42 bits per heavy atom. The Bertz CT molecular complexity index is 1050. The highest BCUT2D eigenvalue weighted by Gasteiger charge is 2.16.